The van der Waals surface area contributed by atoms with Gasteiger partial charge >= 0.3 is 13.8 Å². The number of ether oxygens (including phenoxy) is 2. The van der Waals surface area contributed by atoms with Gasteiger partial charge in [-0.2, -0.15) is 0 Å². The van der Waals surface area contributed by atoms with Gasteiger partial charge in [-0.1, -0.05) is 180 Å². The smallest absolute Gasteiger partial charge is 0.457 e. The molecule has 12 nitrogen and oxygen atoms in total. The Kier molecular flexibility index (Phi) is 35.8. The fourth-order valence-electron chi connectivity index (χ4n) is 7.53. The van der Waals surface area contributed by atoms with Crippen LogP contribution in [0.3, 0.4) is 0 Å². The zero-order chi connectivity index (χ0) is 43.4. The van der Waals surface area contributed by atoms with E-state index in [0.29, 0.717) is 13.0 Å². The van der Waals surface area contributed by atoms with Gasteiger partial charge in [0, 0.05) is 13.0 Å². The van der Waals surface area contributed by atoms with Crippen molar-refractivity contribution in [1.82, 2.24) is 0 Å². The van der Waals surface area contributed by atoms with E-state index in [4.69, 9.17) is 18.5 Å². The van der Waals surface area contributed by atoms with Crippen molar-refractivity contribution in [1.29, 1.82) is 0 Å². The molecule has 6 N–H and O–H groups in total. The van der Waals surface area contributed by atoms with Crippen LogP contribution in [-0.2, 0) is 27.9 Å². The molecule has 1 saturated carbocycles. The van der Waals surface area contributed by atoms with Gasteiger partial charge in [-0.3, -0.25) is 13.8 Å². The summed E-state index contributed by atoms with van der Waals surface area (Å²) in [7, 11) is -5.01. The van der Waals surface area contributed by atoms with Crippen LogP contribution in [0.15, 0.2) is 12.2 Å². The monoisotopic (exact) mass is 865 g/mol. The van der Waals surface area contributed by atoms with Crippen LogP contribution < -0.4 is 0 Å². The highest BCUT2D eigenvalue weighted by atomic mass is 31.2. The molecule has 0 aromatic carbocycles. The number of allylic oxidation sites excluding steroid dienone is 2. The third kappa shape index (κ3) is 29.9. The van der Waals surface area contributed by atoms with E-state index < -0.39 is 63.1 Å². The van der Waals surface area contributed by atoms with Crippen LogP contribution in [0.5, 0.6) is 0 Å². The molecule has 59 heavy (non-hydrogen) atoms. The summed E-state index contributed by atoms with van der Waals surface area (Å²) < 4.78 is 34.2. The maximum absolute atomic E-state index is 12.8. The molecular weight excluding hydrogens is 775 g/mol. The summed E-state index contributed by atoms with van der Waals surface area (Å²) in [5.74, 6) is -0.478. The Morgan fingerprint density at radius 3 is 1.34 bits per heavy atom. The lowest BCUT2D eigenvalue weighted by Gasteiger charge is -2.41. The first-order valence-electron chi connectivity index (χ1n) is 24.0. The van der Waals surface area contributed by atoms with Gasteiger partial charge in [-0.25, -0.2) is 4.57 Å². The standard InChI is InChI=1S/C46H89O12P/c1-3-5-7-9-11-13-15-17-19-20-21-23-25-27-29-31-33-35-40(47)57-39(38-56-59(53,54)58-46-44(51)42(49)41(48)43(50)45(46)52)37-55-36-34-32-30-28-26-24-22-18-16-14-12-10-8-6-4-2/h17,19,39,41-46,48-52H,3-16,18,20-38H2,1-2H3,(H,53,54)/b19-17-. The summed E-state index contributed by atoms with van der Waals surface area (Å²) >= 11 is 0. The van der Waals surface area contributed by atoms with Crippen LogP contribution in [0.25, 0.3) is 0 Å². The van der Waals surface area contributed by atoms with E-state index in [-0.39, 0.29) is 13.0 Å². The molecule has 350 valence electrons. The van der Waals surface area contributed by atoms with Crippen LogP contribution in [0.1, 0.15) is 213 Å². The molecule has 1 aliphatic rings. The number of carbonyl (C=O) groups excluding carboxylic acids is 1. The van der Waals surface area contributed by atoms with Crippen LogP contribution in [0.2, 0.25) is 0 Å². The zero-order valence-corrected chi connectivity index (χ0v) is 38.2. The van der Waals surface area contributed by atoms with E-state index in [1.54, 1.807) is 0 Å². The number of esters is 1. The highest BCUT2D eigenvalue weighted by Gasteiger charge is 2.51. The lowest BCUT2D eigenvalue weighted by atomic mass is 9.85. The minimum atomic E-state index is -5.01. The van der Waals surface area contributed by atoms with Gasteiger partial charge in [-0.05, 0) is 38.5 Å². The van der Waals surface area contributed by atoms with E-state index in [9.17, 15) is 39.8 Å². The van der Waals surface area contributed by atoms with Crippen molar-refractivity contribution in [3.63, 3.8) is 0 Å². The van der Waals surface area contributed by atoms with Crippen LogP contribution >= 0.6 is 7.82 Å². The van der Waals surface area contributed by atoms with Crippen molar-refractivity contribution in [2.24, 2.45) is 0 Å². The first-order chi connectivity index (χ1) is 28.5. The molecule has 0 aromatic rings. The maximum atomic E-state index is 12.8. The summed E-state index contributed by atoms with van der Waals surface area (Å²) in [5, 5.41) is 50.2. The predicted octanol–water partition coefficient (Wildman–Crippen LogP) is 9.92. The second-order valence-electron chi connectivity index (χ2n) is 17.0. The van der Waals surface area contributed by atoms with E-state index in [1.807, 2.05) is 0 Å². The summed E-state index contributed by atoms with van der Waals surface area (Å²) in [6.45, 7) is 4.28. The van der Waals surface area contributed by atoms with Gasteiger partial charge in [0.15, 0.2) is 0 Å². The lowest BCUT2D eigenvalue weighted by Crippen LogP contribution is -2.64. The molecule has 0 bridgehead atoms. The number of carbonyl (C=O) groups is 1. The zero-order valence-electron chi connectivity index (χ0n) is 37.3. The van der Waals surface area contributed by atoms with Crippen molar-refractivity contribution in [3.8, 4) is 0 Å². The molecule has 0 aromatic heterocycles. The minimum absolute atomic E-state index is 0.0725. The van der Waals surface area contributed by atoms with Crippen LogP contribution in [-0.4, -0.2) is 98.9 Å². The van der Waals surface area contributed by atoms with Crippen molar-refractivity contribution < 1.29 is 58.3 Å². The lowest BCUT2D eigenvalue weighted by molar-refractivity contribution is -0.220. The topological polar surface area (TPSA) is 192 Å². The molecule has 1 fully saturated rings. The normalized spacial score (nSPS) is 22.5. The first-order valence-corrected chi connectivity index (χ1v) is 25.5. The van der Waals surface area contributed by atoms with Gasteiger partial charge < -0.3 is 39.9 Å². The number of unbranched alkanes of at least 4 members (excludes halogenated alkanes) is 27. The molecule has 0 aliphatic heterocycles. The number of hydrogen-bond donors (Lipinski definition) is 6. The number of rotatable bonds is 41. The Hall–Kier alpha value is -0.920. The Morgan fingerprint density at radius 2 is 0.898 bits per heavy atom. The fraction of sp³-hybridized carbons (Fsp3) is 0.935. The molecule has 13 heteroatoms. The van der Waals surface area contributed by atoms with Crippen molar-refractivity contribution in [3.05, 3.63) is 12.2 Å². The van der Waals surface area contributed by atoms with E-state index in [2.05, 4.69) is 26.0 Å². The number of phosphoric acid groups is 1. The van der Waals surface area contributed by atoms with E-state index in [0.717, 1.165) is 44.9 Å². The molecule has 0 spiro atoms. The molecule has 6 unspecified atom stereocenters. The Labute approximate surface area is 358 Å². The molecule has 1 rings (SSSR count). The second kappa shape index (κ2) is 37.6. The number of aliphatic hydroxyl groups excluding tert-OH is 5. The third-order valence-electron chi connectivity index (χ3n) is 11.4. The summed E-state index contributed by atoms with van der Waals surface area (Å²) in [5.41, 5.74) is 0. The van der Waals surface area contributed by atoms with E-state index in [1.165, 1.54) is 141 Å². The number of aliphatic hydroxyl groups is 5. The minimum Gasteiger partial charge on any atom is -0.457 e. The van der Waals surface area contributed by atoms with Crippen LogP contribution in [0, 0.1) is 0 Å². The Bertz CT molecular complexity index is 1030. The largest absolute Gasteiger partial charge is 0.472 e. The number of hydrogen-bond acceptors (Lipinski definition) is 11. The molecule has 0 radical (unpaired) electrons. The van der Waals surface area contributed by atoms with Gasteiger partial charge in [-0.15, -0.1) is 0 Å². The maximum Gasteiger partial charge on any atom is 0.472 e. The van der Waals surface area contributed by atoms with Gasteiger partial charge in [0.05, 0.1) is 13.2 Å². The van der Waals surface area contributed by atoms with E-state index >= 15 is 0 Å². The Morgan fingerprint density at radius 1 is 0.525 bits per heavy atom. The molecule has 0 amide bonds. The molecule has 0 saturated heterocycles. The summed E-state index contributed by atoms with van der Waals surface area (Å²) in [4.78, 5) is 23.2. The summed E-state index contributed by atoms with van der Waals surface area (Å²) in [6.07, 6.45) is 28.4. The molecular formula is C46H89O12P. The quantitative estimate of drug-likeness (QED) is 0.0148. The molecule has 1 aliphatic carbocycles. The van der Waals surface area contributed by atoms with Crippen LogP contribution in [0.4, 0.5) is 0 Å². The summed E-state index contributed by atoms with van der Waals surface area (Å²) in [6, 6.07) is 0. The number of phosphoric ester groups is 1. The average Bonchev–Trinajstić information content (AvgIpc) is 3.22. The van der Waals surface area contributed by atoms with Crippen molar-refractivity contribution in [2.75, 3.05) is 19.8 Å². The molecule has 0 heterocycles. The van der Waals surface area contributed by atoms with Gasteiger partial charge in [0.2, 0.25) is 0 Å². The SMILES string of the molecule is CCCCCCCC/C=C\CCCCCCCCCC(=O)OC(COCCCCCCCCCCCCCCCCC)COP(=O)(O)OC1C(O)C(O)C(O)C(O)C1O. The second-order valence-corrected chi connectivity index (χ2v) is 18.4. The first kappa shape index (κ1) is 56.1. The van der Waals surface area contributed by atoms with Crippen molar-refractivity contribution in [2.45, 2.75) is 256 Å². The van der Waals surface area contributed by atoms with Crippen molar-refractivity contribution >= 4 is 13.8 Å². The highest BCUT2D eigenvalue weighted by molar-refractivity contribution is 7.47. The highest BCUT2D eigenvalue weighted by Crippen LogP contribution is 2.47. The Balaban J connectivity index is 2.37. The molecule has 6 atom stereocenters. The fourth-order valence-corrected chi connectivity index (χ4v) is 8.50. The average molecular weight is 865 g/mol. The van der Waals surface area contributed by atoms with Gasteiger partial charge in [0.25, 0.3) is 0 Å². The third-order valence-corrected chi connectivity index (χ3v) is 12.4. The predicted molar refractivity (Wildman–Crippen MR) is 235 cm³/mol. The van der Waals surface area contributed by atoms with Gasteiger partial charge in [0.1, 0.15) is 42.7 Å².